The lowest BCUT2D eigenvalue weighted by atomic mass is 10.1. The van der Waals surface area contributed by atoms with E-state index >= 15 is 0 Å². The molecule has 1 atom stereocenters. The van der Waals surface area contributed by atoms with Gasteiger partial charge in [0.05, 0.1) is 17.2 Å². The Hall–Kier alpha value is -3.37. The number of amides is 1. The molecule has 0 fully saturated rings. The summed E-state index contributed by atoms with van der Waals surface area (Å²) in [6.45, 7) is -2.01. The topological polar surface area (TPSA) is 81.9 Å². The fourth-order valence-corrected chi connectivity index (χ4v) is 2.79. The van der Waals surface area contributed by atoms with E-state index in [0.29, 0.717) is 11.6 Å². The molecule has 1 aliphatic rings. The van der Waals surface area contributed by atoms with Crippen LogP contribution in [0.4, 0.5) is 28.9 Å². The molecule has 2 aromatic carbocycles. The van der Waals surface area contributed by atoms with E-state index in [9.17, 15) is 32.5 Å². The molecule has 7 nitrogen and oxygen atoms in total. The zero-order chi connectivity index (χ0) is 20.6. The summed E-state index contributed by atoms with van der Waals surface area (Å²) in [7, 11) is 0. The van der Waals surface area contributed by atoms with Gasteiger partial charge in [-0.2, -0.15) is 17.6 Å². The Balaban J connectivity index is 2.03. The van der Waals surface area contributed by atoms with Gasteiger partial charge < -0.3 is 14.4 Å². The van der Waals surface area contributed by atoms with Crippen molar-refractivity contribution in [1.82, 2.24) is 0 Å². The van der Waals surface area contributed by atoms with Gasteiger partial charge in [-0.3, -0.25) is 14.9 Å². The van der Waals surface area contributed by atoms with Crippen molar-refractivity contribution in [2.45, 2.75) is 26.2 Å². The lowest BCUT2D eigenvalue weighted by molar-refractivity contribution is -0.390. The summed E-state index contributed by atoms with van der Waals surface area (Å²) >= 11 is 0. The number of ether oxygens (including phenoxy) is 2. The molecule has 0 saturated heterocycles. The molecule has 3 rings (SSSR count). The number of nitrogens with zero attached hydrogens (tertiary/aromatic N) is 2. The van der Waals surface area contributed by atoms with Crippen molar-refractivity contribution in [3.05, 3.63) is 57.6 Å². The van der Waals surface area contributed by atoms with Gasteiger partial charge >= 0.3 is 12.3 Å². The monoisotopic (exact) mass is 400 g/mol. The minimum Gasteiger partial charge on any atom is -0.475 e. The van der Waals surface area contributed by atoms with Gasteiger partial charge in [0.25, 0.3) is 5.91 Å². The van der Waals surface area contributed by atoms with Gasteiger partial charge in [0, 0.05) is 6.07 Å². The summed E-state index contributed by atoms with van der Waals surface area (Å²) in [4.78, 5) is 23.1. The van der Waals surface area contributed by atoms with Crippen molar-refractivity contribution in [1.29, 1.82) is 0 Å². The maximum Gasteiger partial charge on any atom is 0.387 e. The summed E-state index contributed by atoms with van der Waals surface area (Å²) in [5.41, 5.74) is -1.41. The molecule has 1 amide bonds. The number of halogens is 4. The Labute approximate surface area is 155 Å². The number of anilines is 1. The van der Waals surface area contributed by atoms with E-state index in [1.807, 2.05) is 0 Å². The van der Waals surface area contributed by atoms with E-state index in [-0.39, 0.29) is 18.0 Å². The van der Waals surface area contributed by atoms with Crippen LogP contribution in [0.25, 0.3) is 0 Å². The SMILES string of the molecule is C[C@H]1Oc2c(cc(F)c([N+](=O)[O-])c2F)N(Cc2cccc(OC(F)F)c2)C1=O. The highest BCUT2D eigenvalue weighted by Gasteiger charge is 2.38. The van der Waals surface area contributed by atoms with Crippen LogP contribution in [0.3, 0.4) is 0 Å². The third-order valence-electron chi connectivity index (χ3n) is 3.98. The first-order valence-corrected chi connectivity index (χ1v) is 7.87. The lowest BCUT2D eigenvalue weighted by Crippen LogP contribution is -2.44. The van der Waals surface area contributed by atoms with Gasteiger partial charge in [-0.1, -0.05) is 12.1 Å². The number of carbonyl (C=O) groups is 1. The molecule has 0 saturated carbocycles. The molecule has 1 heterocycles. The second-order valence-electron chi connectivity index (χ2n) is 5.84. The molecule has 0 bridgehead atoms. The predicted octanol–water partition coefficient (Wildman–Crippen LogP) is 3.79. The minimum absolute atomic E-state index is 0.164. The Bertz CT molecular complexity index is 953. The fourth-order valence-electron chi connectivity index (χ4n) is 2.79. The molecule has 1 aliphatic heterocycles. The van der Waals surface area contributed by atoms with Crippen LogP contribution < -0.4 is 14.4 Å². The zero-order valence-electron chi connectivity index (χ0n) is 14.2. The van der Waals surface area contributed by atoms with E-state index < -0.39 is 46.6 Å². The van der Waals surface area contributed by atoms with E-state index in [1.165, 1.54) is 31.2 Å². The van der Waals surface area contributed by atoms with Crippen LogP contribution in [0.2, 0.25) is 0 Å². The third kappa shape index (κ3) is 3.55. The van der Waals surface area contributed by atoms with Crippen molar-refractivity contribution in [2.24, 2.45) is 0 Å². The first kappa shape index (κ1) is 19.4. The number of rotatable bonds is 5. The molecule has 0 aliphatic carbocycles. The molecule has 0 aromatic heterocycles. The summed E-state index contributed by atoms with van der Waals surface area (Å²) < 4.78 is 62.6. The van der Waals surface area contributed by atoms with Crippen molar-refractivity contribution in [3.8, 4) is 11.5 Å². The Morgan fingerprint density at radius 2 is 2.04 bits per heavy atom. The molecule has 28 heavy (non-hydrogen) atoms. The Morgan fingerprint density at radius 1 is 1.32 bits per heavy atom. The summed E-state index contributed by atoms with van der Waals surface area (Å²) in [6.07, 6.45) is -1.20. The molecular weight excluding hydrogens is 388 g/mol. The van der Waals surface area contributed by atoms with E-state index in [1.54, 1.807) is 0 Å². The van der Waals surface area contributed by atoms with Crippen LogP contribution in [0.15, 0.2) is 30.3 Å². The van der Waals surface area contributed by atoms with Gasteiger partial charge in [0.15, 0.2) is 11.9 Å². The van der Waals surface area contributed by atoms with E-state index in [0.717, 1.165) is 4.90 Å². The van der Waals surface area contributed by atoms with Crippen LogP contribution >= 0.6 is 0 Å². The number of fused-ring (bicyclic) bond motifs is 1. The molecule has 11 heteroatoms. The smallest absolute Gasteiger partial charge is 0.387 e. The van der Waals surface area contributed by atoms with Crippen LogP contribution in [-0.2, 0) is 11.3 Å². The highest BCUT2D eigenvalue weighted by molar-refractivity contribution is 6.00. The first-order chi connectivity index (χ1) is 13.2. The van der Waals surface area contributed by atoms with Gasteiger partial charge in [-0.25, -0.2) is 0 Å². The average molecular weight is 400 g/mol. The molecule has 0 radical (unpaired) electrons. The van der Waals surface area contributed by atoms with Gasteiger partial charge in [0.2, 0.25) is 11.6 Å². The Morgan fingerprint density at radius 3 is 2.68 bits per heavy atom. The summed E-state index contributed by atoms with van der Waals surface area (Å²) in [5.74, 6) is -4.49. The Kier molecular flexibility index (Phi) is 5.08. The predicted molar refractivity (Wildman–Crippen MR) is 87.4 cm³/mol. The van der Waals surface area contributed by atoms with Gasteiger partial charge in [0.1, 0.15) is 5.75 Å². The van der Waals surface area contributed by atoms with Crippen molar-refractivity contribution >= 4 is 17.3 Å². The van der Waals surface area contributed by atoms with Crippen molar-refractivity contribution < 1.29 is 36.8 Å². The average Bonchev–Trinajstić information content (AvgIpc) is 2.59. The standard InChI is InChI=1S/C17H12F4N2O5/c1-8-16(24)22(7-9-3-2-4-10(5-9)28-17(20)21)12-6-11(18)14(23(25)26)13(19)15(12)27-8/h2-6,8,17H,7H2,1H3/t8-/m1/s1. The van der Waals surface area contributed by atoms with Crippen LogP contribution in [-0.4, -0.2) is 23.5 Å². The molecule has 2 aromatic rings. The number of nitro groups is 1. The second kappa shape index (κ2) is 7.33. The maximum atomic E-state index is 14.4. The van der Waals surface area contributed by atoms with Crippen LogP contribution in [0, 0.1) is 21.7 Å². The third-order valence-corrected chi connectivity index (χ3v) is 3.98. The van der Waals surface area contributed by atoms with E-state index in [4.69, 9.17) is 4.74 Å². The summed E-state index contributed by atoms with van der Waals surface area (Å²) in [5, 5.41) is 10.9. The molecule has 0 spiro atoms. The molecule has 148 valence electrons. The minimum atomic E-state index is -3.05. The zero-order valence-corrected chi connectivity index (χ0v) is 14.2. The van der Waals surface area contributed by atoms with Gasteiger partial charge in [-0.05, 0) is 24.6 Å². The molecular formula is C17H12F4N2O5. The number of alkyl halides is 2. The normalized spacial score (nSPS) is 16.0. The van der Waals surface area contributed by atoms with Crippen LogP contribution in [0.1, 0.15) is 12.5 Å². The van der Waals surface area contributed by atoms with Crippen molar-refractivity contribution in [2.75, 3.05) is 4.90 Å². The number of hydrogen-bond donors (Lipinski definition) is 0. The van der Waals surface area contributed by atoms with Gasteiger partial charge in [-0.15, -0.1) is 0 Å². The second-order valence-corrected chi connectivity index (χ2v) is 5.84. The number of carbonyl (C=O) groups excluding carboxylic acids is 1. The highest BCUT2D eigenvalue weighted by atomic mass is 19.3. The number of hydrogen-bond acceptors (Lipinski definition) is 5. The largest absolute Gasteiger partial charge is 0.475 e. The number of benzene rings is 2. The van der Waals surface area contributed by atoms with Crippen LogP contribution in [0.5, 0.6) is 11.5 Å². The molecule has 0 N–H and O–H groups in total. The van der Waals surface area contributed by atoms with Crippen molar-refractivity contribution in [3.63, 3.8) is 0 Å². The first-order valence-electron chi connectivity index (χ1n) is 7.87. The fraction of sp³-hybridized carbons (Fsp3) is 0.235. The number of nitro benzene ring substituents is 1. The maximum absolute atomic E-state index is 14.4. The lowest BCUT2D eigenvalue weighted by Gasteiger charge is -2.33. The molecule has 0 unspecified atom stereocenters. The quantitative estimate of drug-likeness (QED) is 0.433. The van der Waals surface area contributed by atoms with E-state index in [2.05, 4.69) is 4.74 Å². The summed E-state index contributed by atoms with van der Waals surface area (Å²) in [6, 6.07) is 6.02. The highest BCUT2D eigenvalue weighted by Crippen LogP contribution is 2.42.